The number of ether oxygens (including phenoxy) is 2. The van der Waals surface area contributed by atoms with Crippen LogP contribution in [0.1, 0.15) is 25.3 Å². The highest BCUT2D eigenvalue weighted by Crippen LogP contribution is 2.38. The Balaban J connectivity index is 1.80. The van der Waals surface area contributed by atoms with Gasteiger partial charge in [0.25, 0.3) is 0 Å². The average molecular weight is 487 g/mol. The summed E-state index contributed by atoms with van der Waals surface area (Å²) in [5.41, 5.74) is -1.05. The molecular weight excluding hydrogens is 461 g/mol. The predicted octanol–water partition coefficient (Wildman–Crippen LogP) is 4.51. The zero-order valence-electron chi connectivity index (χ0n) is 18.2. The van der Waals surface area contributed by atoms with E-state index < -0.39 is 33.6 Å². The van der Waals surface area contributed by atoms with E-state index in [1.54, 1.807) is 31.2 Å². The van der Waals surface area contributed by atoms with E-state index in [0.29, 0.717) is 11.5 Å². The quantitative estimate of drug-likeness (QED) is 0.623. The van der Waals surface area contributed by atoms with Crippen LogP contribution >= 0.6 is 0 Å². The molecular formula is C22H25F3N2O5S. The average Bonchev–Trinajstić information content (AvgIpc) is 2.79. The Bertz CT molecular complexity index is 1100. The highest BCUT2D eigenvalue weighted by Gasteiger charge is 2.33. The van der Waals surface area contributed by atoms with Gasteiger partial charge >= 0.3 is 6.18 Å². The van der Waals surface area contributed by atoms with Crippen LogP contribution in [0.5, 0.6) is 17.2 Å². The number of alkyl halides is 3. The molecule has 0 atom stereocenters. The first-order chi connectivity index (χ1) is 15.5. The molecule has 1 aliphatic heterocycles. The topological polar surface area (TPSA) is 84.9 Å². The smallest absolute Gasteiger partial charge is 0.416 e. The van der Waals surface area contributed by atoms with Crippen molar-refractivity contribution in [1.29, 1.82) is 0 Å². The Morgan fingerprint density at radius 2 is 1.79 bits per heavy atom. The maximum atomic E-state index is 13.3. The summed E-state index contributed by atoms with van der Waals surface area (Å²) in [6.07, 6.45) is -4.06. The van der Waals surface area contributed by atoms with E-state index in [2.05, 4.69) is 5.32 Å². The molecule has 1 saturated heterocycles. The van der Waals surface area contributed by atoms with Crippen molar-refractivity contribution < 1.29 is 35.9 Å². The zero-order valence-corrected chi connectivity index (χ0v) is 19.0. The van der Waals surface area contributed by atoms with E-state index in [1.165, 1.54) is 11.4 Å². The number of benzene rings is 2. The van der Waals surface area contributed by atoms with Crippen molar-refractivity contribution >= 4 is 21.6 Å². The second-order valence-corrected chi connectivity index (χ2v) is 9.81. The van der Waals surface area contributed by atoms with Crippen LogP contribution in [0.3, 0.4) is 0 Å². The van der Waals surface area contributed by atoms with Gasteiger partial charge in [0, 0.05) is 25.1 Å². The number of amides is 1. The number of piperidine rings is 1. The van der Waals surface area contributed by atoms with Crippen LogP contribution in [-0.4, -0.2) is 44.6 Å². The maximum absolute atomic E-state index is 13.3. The van der Waals surface area contributed by atoms with Gasteiger partial charge in [0.2, 0.25) is 15.9 Å². The largest absolute Gasteiger partial charge is 0.497 e. The maximum Gasteiger partial charge on any atom is 0.416 e. The number of carbonyl (C=O) groups excluding carboxylic acids is 1. The predicted molar refractivity (Wildman–Crippen MR) is 117 cm³/mol. The van der Waals surface area contributed by atoms with Crippen LogP contribution < -0.4 is 14.8 Å². The van der Waals surface area contributed by atoms with Gasteiger partial charge in [0.15, 0.2) is 5.75 Å². The fraction of sp³-hybridized carbons (Fsp3) is 0.409. The van der Waals surface area contributed by atoms with E-state index in [-0.39, 0.29) is 43.1 Å². The molecule has 0 bridgehead atoms. The van der Waals surface area contributed by atoms with Gasteiger partial charge in [-0.3, -0.25) is 4.79 Å². The number of carbonyl (C=O) groups is 1. The third-order valence-corrected chi connectivity index (χ3v) is 7.30. The van der Waals surface area contributed by atoms with E-state index in [0.717, 1.165) is 18.2 Å². The van der Waals surface area contributed by atoms with E-state index >= 15 is 0 Å². The number of rotatable bonds is 7. The molecule has 2 aromatic carbocycles. The minimum Gasteiger partial charge on any atom is -0.497 e. The molecule has 3 rings (SSSR count). The van der Waals surface area contributed by atoms with Gasteiger partial charge in [-0.1, -0.05) is 6.07 Å². The number of methoxy groups -OCH3 is 1. The molecule has 1 N–H and O–H groups in total. The number of halogens is 3. The van der Waals surface area contributed by atoms with Crippen molar-refractivity contribution in [3.05, 3.63) is 48.0 Å². The van der Waals surface area contributed by atoms with Crippen molar-refractivity contribution in [2.24, 2.45) is 5.92 Å². The molecule has 0 aliphatic carbocycles. The van der Waals surface area contributed by atoms with Crippen molar-refractivity contribution in [2.75, 3.05) is 31.3 Å². The van der Waals surface area contributed by atoms with Crippen molar-refractivity contribution in [3.63, 3.8) is 0 Å². The third-order valence-electron chi connectivity index (χ3n) is 5.42. The number of sulfonamides is 1. The highest BCUT2D eigenvalue weighted by molar-refractivity contribution is 7.89. The van der Waals surface area contributed by atoms with Gasteiger partial charge in [-0.2, -0.15) is 13.2 Å². The van der Waals surface area contributed by atoms with Crippen molar-refractivity contribution in [1.82, 2.24) is 4.31 Å². The summed E-state index contributed by atoms with van der Waals surface area (Å²) in [4.78, 5) is 12.8. The van der Waals surface area contributed by atoms with E-state index in [9.17, 15) is 26.4 Å². The molecule has 1 amide bonds. The molecule has 0 spiro atoms. The highest BCUT2D eigenvalue weighted by atomic mass is 32.2. The summed E-state index contributed by atoms with van der Waals surface area (Å²) < 4.78 is 76.0. The van der Waals surface area contributed by atoms with Gasteiger partial charge in [-0.25, -0.2) is 12.7 Å². The molecule has 2 aromatic rings. The Morgan fingerprint density at radius 3 is 2.39 bits per heavy atom. The van der Waals surface area contributed by atoms with Gasteiger partial charge in [0.1, 0.15) is 11.5 Å². The van der Waals surface area contributed by atoms with Crippen LogP contribution in [0.2, 0.25) is 0 Å². The van der Waals surface area contributed by atoms with Gasteiger partial charge in [0.05, 0.1) is 24.1 Å². The first-order valence-corrected chi connectivity index (χ1v) is 12.0. The molecule has 11 heteroatoms. The van der Waals surface area contributed by atoms with Gasteiger partial charge < -0.3 is 14.8 Å². The summed E-state index contributed by atoms with van der Waals surface area (Å²) in [6.45, 7) is 1.92. The first kappa shape index (κ1) is 24.8. The molecule has 1 fully saturated rings. The molecule has 1 aliphatic rings. The SMILES string of the molecule is CCS(=O)(=O)N1CCC(C(=O)Nc2cc(C(F)(F)F)ccc2Oc2cccc(OC)c2)CC1. The van der Waals surface area contributed by atoms with Crippen molar-refractivity contribution in [3.8, 4) is 17.2 Å². The lowest BCUT2D eigenvalue weighted by Crippen LogP contribution is -2.42. The second-order valence-electron chi connectivity index (χ2n) is 7.55. The zero-order chi connectivity index (χ0) is 24.2. The Morgan fingerprint density at radius 1 is 1.12 bits per heavy atom. The number of nitrogens with zero attached hydrogens (tertiary/aromatic N) is 1. The lowest BCUT2D eigenvalue weighted by atomic mass is 9.97. The molecule has 0 aromatic heterocycles. The van der Waals surface area contributed by atoms with Crippen LogP contribution in [0.25, 0.3) is 0 Å². The molecule has 7 nitrogen and oxygen atoms in total. The second kappa shape index (κ2) is 10.0. The number of nitrogens with one attached hydrogen (secondary N) is 1. The van der Waals surface area contributed by atoms with Gasteiger partial charge in [-0.05, 0) is 50.1 Å². The summed E-state index contributed by atoms with van der Waals surface area (Å²) in [7, 11) is -1.88. The Labute approximate surface area is 190 Å². The summed E-state index contributed by atoms with van der Waals surface area (Å²) in [6, 6.07) is 9.36. The number of hydrogen-bond acceptors (Lipinski definition) is 5. The monoisotopic (exact) mass is 486 g/mol. The molecule has 0 saturated carbocycles. The Hall–Kier alpha value is -2.79. The van der Waals surface area contributed by atoms with E-state index in [1.807, 2.05) is 0 Å². The summed E-state index contributed by atoms with van der Waals surface area (Å²) in [5.74, 6) is -0.193. The molecule has 180 valence electrons. The molecule has 0 radical (unpaired) electrons. The minimum atomic E-state index is -4.60. The third kappa shape index (κ3) is 6.17. The number of hydrogen-bond donors (Lipinski definition) is 1. The fourth-order valence-electron chi connectivity index (χ4n) is 3.50. The van der Waals surface area contributed by atoms with Crippen LogP contribution in [0, 0.1) is 5.92 Å². The summed E-state index contributed by atoms with van der Waals surface area (Å²) in [5, 5.41) is 2.55. The number of anilines is 1. The molecule has 33 heavy (non-hydrogen) atoms. The van der Waals surface area contributed by atoms with Crippen LogP contribution in [0.4, 0.5) is 18.9 Å². The lowest BCUT2D eigenvalue weighted by molar-refractivity contribution is -0.137. The van der Waals surface area contributed by atoms with Crippen LogP contribution in [-0.2, 0) is 21.0 Å². The van der Waals surface area contributed by atoms with Crippen molar-refractivity contribution in [2.45, 2.75) is 25.9 Å². The minimum absolute atomic E-state index is 0.0287. The lowest BCUT2D eigenvalue weighted by Gasteiger charge is -2.30. The van der Waals surface area contributed by atoms with E-state index in [4.69, 9.17) is 9.47 Å². The first-order valence-electron chi connectivity index (χ1n) is 10.4. The van der Waals surface area contributed by atoms with Gasteiger partial charge in [-0.15, -0.1) is 0 Å². The Kier molecular flexibility index (Phi) is 7.53. The normalized spacial score (nSPS) is 15.8. The van der Waals surface area contributed by atoms with Crippen LogP contribution in [0.15, 0.2) is 42.5 Å². The fourth-order valence-corrected chi connectivity index (χ4v) is 4.63. The summed E-state index contributed by atoms with van der Waals surface area (Å²) >= 11 is 0. The standard InChI is InChI=1S/C22H25F3N2O5S/c1-3-33(29,30)27-11-9-15(10-12-27)21(28)26-19-13-16(22(23,24)25)7-8-20(19)32-18-6-4-5-17(14-18)31-2/h4-8,13-15H,3,9-12H2,1-2H3,(H,26,28). The molecule has 0 unspecified atom stereocenters. The molecule has 1 heterocycles.